The van der Waals surface area contributed by atoms with Crippen LogP contribution >= 0.6 is 27.3 Å². The van der Waals surface area contributed by atoms with Crippen LogP contribution in [0.15, 0.2) is 46.3 Å². The van der Waals surface area contributed by atoms with Crippen molar-refractivity contribution in [3.05, 3.63) is 56.7 Å². The maximum Gasteiger partial charge on any atom is 0.191 e. The molecule has 1 atom stereocenters. The molecule has 1 unspecified atom stereocenters. The number of rotatable bonds is 1. The molecule has 1 saturated heterocycles. The molecule has 3 aliphatic heterocycles. The minimum absolute atomic E-state index is 0.205. The van der Waals surface area contributed by atoms with E-state index in [4.69, 9.17) is 4.74 Å². The lowest BCUT2D eigenvalue weighted by Crippen LogP contribution is -3.11. The summed E-state index contributed by atoms with van der Waals surface area (Å²) in [5, 5.41) is 4.49. The smallest absolute Gasteiger partial charge is 0.191 e. The summed E-state index contributed by atoms with van der Waals surface area (Å²) in [5.41, 5.74) is 5.85. The predicted molar refractivity (Wildman–Crippen MR) is 103 cm³/mol. The van der Waals surface area contributed by atoms with Crippen LogP contribution in [0, 0.1) is 0 Å². The van der Waals surface area contributed by atoms with Gasteiger partial charge in [0.05, 0.1) is 49.6 Å². The third kappa shape index (κ3) is 2.54. The molecule has 1 spiro atoms. The Morgan fingerprint density at radius 2 is 2.16 bits per heavy atom. The minimum Gasteiger partial charge on any atom is -0.470 e. The molecule has 0 amide bonds. The zero-order valence-corrected chi connectivity index (χ0v) is 16.5. The maximum absolute atomic E-state index is 6.64. The summed E-state index contributed by atoms with van der Waals surface area (Å²) in [5.74, 6) is 1.02. The molecule has 25 heavy (non-hydrogen) atoms. The van der Waals surface area contributed by atoms with Gasteiger partial charge < -0.3 is 15.1 Å². The van der Waals surface area contributed by atoms with Crippen LogP contribution in [0.2, 0.25) is 0 Å². The van der Waals surface area contributed by atoms with E-state index in [1.807, 2.05) is 0 Å². The Hall–Kier alpha value is -1.34. The third-order valence-corrected chi connectivity index (χ3v) is 6.94. The van der Waals surface area contributed by atoms with E-state index in [1.165, 1.54) is 16.1 Å². The number of nitrogens with one attached hydrogen (secondary N) is 2. The molecule has 130 valence electrons. The molecule has 6 heteroatoms. The first-order valence-electron chi connectivity index (χ1n) is 8.76. The lowest BCUT2D eigenvalue weighted by molar-refractivity contribution is -0.888. The average molecular weight is 419 g/mol. The van der Waals surface area contributed by atoms with Gasteiger partial charge in [-0.1, -0.05) is 22.0 Å². The van der Waals surface area contributed by atoms with Crippen molar-refractivity contribution in [2.45, 2.75) is 24.6 Å². The molecule has 3 aliphatic rings. The lowest BCUT2D eigenvalue weighted by atomic mass is 9.93. The van der Waals surface area contributed by atoms with Crippen molar-refractivity contribution >= 4 is 33.0 Å². The van der Waals surface area contributed by atoms with E-state index in [0.29, 0.717) is 0 Å². The van der Waals surface area contributed by atoms with Crippen molar-refractivity contribution in [2.24, 2.45) is 0 Å². The zero-order chi connectivity index (χ0) is 17.0. The fourth-order valence-corrected chi connectivity index (χ4v) is 5.21. The third-order valence-electron chi connectivity index (χ3n) is 5.54. The van der Waals surface area contributed by atoms with E-state index in [2.05, 4.69) is 75.2 Å². The van der Waals surface area contributed by atoms with Gasteiger partial charge in [-0.3, -0.25) is 0 Å². The second-order valence-corrected chi connectivity index (χ2v) is 9.04. The Morgan fingerprint density at radius 3 is 2.92 bits per heavy atom. The Kier molecular flexibility index (Phi) is 3.71. The molecular weight excluding hydrogens is 398 g/mol. The standard InChI is InChI=1S/C19H20BrN3OS/c1-22-8-6-19(7-9-22)23-16(12-15(21-23)18-3-2-10-25-18)14-11-13(20)4-5-17(14)24-19/h2-5,10-12,16,21H,6-9H2,1H3/p+1. The van der Waals surface area contributed by atoms with Gasteiger partial charge in [0.1, 0.15) is 5.75 Å². The van der Waals surface area contributed by atoms with Crippen LogP contribution in [-0.4, -0.2) is 30.9 Å². The first kappa shape index (κ1) is 15.9. The van der Waals surface area contributed by atoms with E-state index >= 15 is 0 Å². The van der Waals surface area contributed by atoms with Crippen LogP contribution in [0.25, 0.3) is 5.70 Å². The Balaban J connectivity index is 1.60. The highest BCUT2D eigenvalue weighted by atomic mass is 79.9. The van der Waals surface area contributed by atoms with Crippen LogP contribution in [0.4, 0.5) is 0 Å². The first-order valence-corrected chi connectivity index (χ1v) is 10.4. The van der Waals surface area contributed by atoms with Gasteiger partial charge in [-0.25, -0.2) is 0 Å². The Labute approximate surface area is 160 Å². The molecule has 0 aliphatic carbocycles. The van der Waals surface area contributed by atoms with Crippen LogP contribution in [0.3, 0.4) is 0 Å². The van der Waals surface area contributed by atoms with Crippen LogP contribution in [0.1, 0.15) is 29.3 Å². The molecule has 1 aromatic heterocycles. The summed E-state index contributed by atoms with van der Waals surface area (Å²) in [6.07, 6.45) is 4.42. The summed E-state index contributed by atoms with van der Waals surface area (Å²) >= 11 is 5.39. The number of hydrazine groups is 1. The molecule has 4 heterocycles. The number of benzene rings is 1. The summed E-state index contributed by atoms with van der Waals surface area (Å²) < 4.78 is 7.74. The molecule has 0 bridgehead atoms. The van der Waals surface area contributed by atoms with Gasteiger partial charge in [-0.15, -0.1) is 11.3 Å². The van der Waals surface area contributed by atoms with Gasteiger partial charge in [-0.05, 0) is 35.7 Å². The second-order valence-electron chi connectivity index (χ2n) is 7.17. The van der Waals surface area contributed by atoms with Gasteiger partial charge >= 0.3 is 0 Å². The van der Waals surface area contributed by atoms with E-state index in [9.17, 15) is 0 Å². The molecular formula is C19H21BrN3OS+. The van der Waals surface area contributed by atoms with Crippen molar-refractivity contribution in [1.82, 2.24) is 10.4 Å². The highest BCUT2D eigenvalue weighted by Gasteiger charge is 2.52. The second kappa shape index (κ2) is 5.84. The number of ether oxygens (including phenoxy) is 1. The van der Waals surface area contributed by atoms with E-state index in [1.54, 1.807) is 16.2 Å². The molecule has 0 radical (unpaired) electrons. The van der Waals surface area contributed by atoms with Gasteiger partial charge in [0, 0.05) is 10.0 Å². The van der Waals surface area contributed by atoms with E-state index in [-0.39, 0.29) is 11.8 Å². The molecule has 2 aromatic rings. The number of fused-ring (bicyclic) bond motifs is 4. The van der Waals surface area contributed by atoms with Crippen molar-refractivity contribution < 1.29 is 9.64 Å². The average Bonchev–Trinajstić information content (AvgIpc) is 3.28. The number of hydrogen-bond donors (Lipinski definition) is 2. The van der Waals surface area contributed by atoms with Crippen LogP contribution < -0.4 is 15.1 Å². The maximum atomic E-state index is 6.64. The van der Waals surface area contributed by atoms with Gasteiger partial charge in [0.15, 0.2) is 5.72 Å². The van der Waals surface area contributed by atoms with Crippen molar-refractivity contribution in [1.29, 1.82) is 0 Å². The van der Waals surface area contributed by atoms with Gasteiger partial charge in [0.25, 0.3) is 0 Å². The number of likely N-dealkylation sites (tertiary alicyclic amines) is 1. The topological polar surface area (TPSA) is 28.9 Å². The van der Waals surface area contributed by atoms with Crippen LogP contribution in [-0.2, 0) is 0 Å². The number of nitrogens with zero attached hydrogens (tertiary/aromatic N) is 1. The fraction of sp³-hybridized carbons (Fsp3) is 0.368. The molecule has 1 fully saturated rings. The SMILES string of the molecule is C[NH+]1CCC2(CC1)Oc1ccc(Br)cc1C1C=C(c3cccs3)NN12. The van der Waals surface area contributed by atoms with Crippen molar-refractivity contribution in [3.63, 3.8) is 0 Å². The number of hydrogen-bond acceptors (Lipinski definition) is 4. The summed E-state index contributed by atoms with van der Waals surface area (Å²) in [7, 11) is 2.27. The zero-order valence-electron chi connectivity index (χ0n) is 14.1. The highest BCUT2D eigenvalue weighted by molar-refractivity contribution is 9.10. The normalized spacial score (nSPS) is 31.0. The molecule has 2 N–H and O–H groups in total. The van der Waals surface area contributed by atoms with Crippen molar-refractivity contribution in [3.8, 4) is 5.75 Å². The number of quaternary nitrogens is 1. The molecule has 1 aromatic carbocycles. The van der Waals surface area contributed by atoms with Crippen molar-refractivity contribution in [2.75, 3.05) is 20.1 Å². The highest BCUT2D eigenvalue weighted by Crippen LogP contribution is 2.48. The number of piperidine rings is 1. The fourth-order valence-electron chi connectivity index (χ4n) is 4.13. The lowest BCUT2D eigenvalue weighted by Gasteiger charge is -2.50. The minimum atomic E-state index is -0.263. The first-order chi connectivity index (χ1) is 12.1. The molecule has 0 saturated carbocycles. The summed E-state index contributed by atoms with van der Waals surface area (Å²) in [4.78, 5) is 2.86. The largest absolute Gasteiger partial charge is 0.470 e. The molecule has 4 nitrogen and oxygen atoms in total. The Morgan fingerprint density at radius 1 is 1.32 bits per heavy atom. The van der Waals surface area contributed by atoms with Crippen LogP contribution in [0.5, 0.6) is 5.75 Å². The van der Waals surface area contributed by atoms with Gasteiger partial charge in [-0.2, -0.15) is 5.01 Å². The number of thiophene rings is 1. The van der Waals surface area contributed by atoms with E-state index in [0.717, 1.165) is 36.2 Å². The Bertz CT molecular complexity index is 827. The number of halogens is 1. The monoisotopic (exact) mass is 418 g/mol. The predicted octanol–water partition coefficient (Wildman–Crippen LogP) is 2.81. The van der Waals surface area contributed by atoms with E-state index < -0.39 is 0 Å². The summed E-state index contributed by atoms with van der Waals surface area (Å²) in [6.45, 7) is 2.26. The molecule has 5 rings (SSSR count). The summed E-state index contributed by atoms with van der Waals surface area (Å²) in [6, 6.07) is 10.9. The quantitative estimate of drug-likeness (QED) is 0.745. The van der Waals surface area contributed by atoms with Gasteiger partial charge in [0.2, 0.25) is 0 Å².